The lowest BCUT2D eigenvalue weighted by Gasteiger charge is -2.25. The van der Waals surface area contributed by atoms with Crippen molar-refractivity contribution in [1.82, 2.24) is 0 Å². The Hall–Kier alpha value is -1.27. The molecular formula is C13H21NO4S. The molecule has 0 fully saturated rings. The quantitative estimate of drug-likeness (QED) is 0.804. The highest BCUT2D eigenvalue weighted by Gasteiger charge is 2.18. The number of aliphatic hydroxyl groups excluding tert-OH is 1. The summed E-state index contributed by atoms with van der Waals surface area (Å²) in [6.07, 6.45) is 0.525. The second kappa shape index (κ2) is 6.25. The number of benzene rings is 1. The van der Waals surface area contributed by atoms with Crippen LogP contribution in [0.5, 0.6) is 5.75 Å². The van der Waals surface area contributed by atoms with Crippen molar-refractivity contribution in [1.29, 1.82) is 0 Å². The third kappa shape index (κ3) is 5.48. The van der Waals surface area contributed by atoms with Crippen LogP contribution in [0.4, 0.5) is 5.69 Å². The van der Waals surface area contributed by atoms with E-state index in [-0.39, 0.29) is 12.4 Å². The van der Waals surface area contributed by atoms with Gasteiger partial charge in [0.1, 0.15) is 11.4 Å². The van der Waals surface area contributed by atoms with Gasteiger partial charge in [0, 0.05) is 18.7 Å². The van der Waals surface area contributed by atoms with Gasteiger partial charge >= 0.3 is 0 Å². The van der Waals surface area contributed by atoms with Crippen molar-refractivity contribution >= 4 is 15.7 Å². The zero-order valence-electron chi connectivity index (χ0n) is 11.5. The summed E-state index contributed by atoms with van der Waals surface area (Å²) in [7, 11) is -3.25. The van der Waals surface area contributed by atoms with Gasteiger partial charge in [0.05, 0.1) is 5.75 Å². The third-order valence-electron chi connectivity index (χ3n) is 2.62. The number of aliphatic hydroxyl groups is 1. The molecule has 6 heteroatoms. The smallest absolute Gasteiger partial charge is 0.232 e. The Kier molecular flexibility index (Phi) is 5.20. The minimum Gasteiger partial charge on any atom is -0.488 e. The van der Waals surface area contributed by atoms with Crippen LogP contribution in [0.15, 0.2) is 24.3 Å². The summed E-state index contributed by atoms with van der Waals surface area (Å²) in [4.78, 5) is 0. The molecule has 1 aromatic rings. The highest BCUT2D eigenvalue weighted by Crippen LogP contribution is 2.23. The average Bonchev–Trinajstić information content (AvgIpc) is 2.31. The maximum atomic E-state index is 11.4. The normalized spacial score (nSPS) is 12.2. The first-order valence-corrected chi connectivity index (χ1v) is 7.83. The Balaban J connectivity index is 2.72. The van der Waals surface area contributed by atoms with E-state index in [1.165, 1.54) is 0 Å². The lowest BCUT2D eigenvalue weighted by molar-refractivity contribution is 0.0765. The standard InChI is InChI=1S/C13H21NO4S/c1-4-19(16,17)14-11-5-7-12(8-6-11)18-13(2,3)9-10-15/h5-8,14-15H,4,9-10H2,1-3H3. The fourth-order valence-corrected chi connectivity index (χ4v) is 2.12. The topological polar surface area (TPSA) is 75.6 Å². The number of hydrogen-bond donors (Lipinski definition) is 2. The van der Waals surface area contributed by atoms with Crippen LogP contribution in [0.1, 0.15) is 27.2 Å². The molecule has 0 bridgehead atoms. The predicted molar refractivity (Wildman–Crippen MR) is 75.9 cm³/mol. The molecule has 2 N–H and O–H groups in total. The largest absolute Gasteiger partial charge is 0.488 e. The number of sulfonamides is 1. The number of hydrogen-bond acceptors (Lipinski definition) is 4. The molecule has 0 amide bonds. The van der Waals surface area contributed by atoms with Crippen LogP contribution in [-0.4, -0.2) is 31.5 Å². The minimum atomic E-state index is -3.25. The molecule has 108 valence electrons. The van der Waals surface area contributed by atoms with E-state index in [0.29, 0.717) is 17.9 Å². The summed E-state index contributed by atoms with van der Waals surface area (Å²) < 4.78 is 31.0. The molecule has 0 heterocycles. The van der Waals surface area contributed by atoms with E-state index in [1.54, 1.807) is 31.2 Å². The molecule has 0 aliphatic heterocycles. The molecule has 0 aromatic heterocycles. The molecular weight excluding hydrogens is 266 g/mol. The Morgan fingerprint density at radius 1 is 1.26 bits per heavy atom. The van der Waals surface area contributed by atoms with Gasteiger partial charge in [0.25, 0.3) is 0 Å². The van der Waals surface area contributed by atoms with Crippen molar-refractivity contribution in [2.24, 2.45) is 0 Å². The maximum absolute atomic E-state index is 11.4. The van der Waals surface area contributed by atoms with Gasteiger partial charge in [-0.2, -0.15) is 0 Å². The summed E-state index contributed by atoms with van der Waals surface area (Å²) in [5.74, 6) is 0.673. The monoisotopic (exact) mass is 287 g/mol. The Morgan fingerprint density at radius 2 is 1.84 bits per heavy atom. The lowest BCUT2D eigenvalue weighted by Crippen LogP contribution is -2.29. The average molecular weight is 287 g/mol. The van der Waals surface area contributed by atoms with Crippen LogP contribution in [0.25, 0.3) is 0 Å². The van der Waals surface area contributed by atoms with Gasteiger partial charge in [-0.1, -0.05) is 0 Å². The number of anilines is 1. The van der Waals surface area contributed by atoms with E-state index in [4.69, 9.17) is 9.84 Å². The van der Waals surface area contributed by atoms with Crippen molar-refractivity contribution in [2.45, 2.75) is 32.8 Å². The third-order valence-corrected chi connectivity index (χ3v) is 3.92. The van der Waals surface area contributed by atoms with Crippen molar-refractivity contribution in [2.75, 3.05) is 17.1 Å². The number of ether oxygens (including phenoxy) is 1. The van der Waals surface area contributed by atoms with E-state index in [0.717, 1.165) is 0 Å². The summed E-state index contributed by atoms with van der Waals surface area (Å²) in [5.41, 5.74) is 0.0493. The second-order valence-electron chi connectivity index (χ2n) is 4.87. The van der Waals surface area contributed by atoms with Crippen LogP contribution < -0.4 is 9.46 Å². The van der Waals surface area contributed by atoms with E-state index in [9.17, 15) is 8.42 Å². The fourth-order valence-electron chi connectivity index (χ4n) is 1.48. The molecule has 0 saturated carbocycles. The van der Waals surface area contributed by atoms with Gasteiger partial charge in [-0.15, -0.1) is 0 Å². The van der Waals surface area contributed by atoms with Gasteiger partial charge in [0.2, 0.25) is 10.0 Å². The van der Waals surface area contributed by atoms with Crippen molar-refractivity contribution in [3.63, 3.8) is 0 Å². The fraction of sp³-hybridized carbons (Fsp3) is 0.538. The van der Waals surface area contributed by atoms with E-state index < -0.39 is 15.6 Å². The molecule has 0 atom stereocenters. The molecule has 0 radical (unpaired) electrons. The van der Waals surface area contributed by atoms with Gasteiger partial charge < -0.3 is 9.84 Å². The predicted octanol–water partition coefficient (Wildman–Crippen LogP) is 1.99. The van der Waals surface area contributed by atoms with E-state index >= 15 is 0 Å². The van der Waals surface area contributed by atoms with Gasteiger partial charge in [-0.3, -0.25) is 4.72 Å². The van der Waals surface area contributed by atoms with Crippen molar-refractivity contribution in [3.8, 4) is 5.75 Å². The molecule has 19 heavy (non-hydrogen) atoms. The highest BCUT2D eigenvalue weighted by molar-refractivity contribution is 7.92. The summed E-state index contributed by atoms with van der Waals surface area (Å²) in [6.45, 7) is 5.41. The van der Waals surface area contributed by atoms with E-state index in [2.05, 4.69) is 4.72 Å². The highest BCUT2D eigenvalue weighted by atomic mass is 32.2. The molecule has 1 rings (SSSR count). The molecule has 0 aliphatic rings. The second-order valence-corrected chi connectivity index (χ2v) is 6.88. The van der Waals surface area contributed by atoms with Crippen LogP contribution >= 0.6 is 0 Å². The first kappa shape index (κ1) is 15.8. The van der Waals surface area contributed by atoms with Crippen LogP contribution in [0, 0.1) is 0 Å². The SMILES string of the molecule is CCS(=O)(=O)Nc1ccc(OC(C)(C)CCO)cc1. The van der Waals surface area contributed by atoms with Gasteiger partial charge in [0.15, 0.2) is 0 Å². The van der Waals surface area contributed by atoms with Gasteiger partial charge in [-0.05, 0) is 45.0 Å². The Bertz CT molecular complexity index is 494. The number of nitrogens with one attached hydrogen (secondary N) is 1. The molecule has 0 aliphatic carbocycles. The molecule has 5 nitrogen and oxygen atoms in total. The molecule has 0 saturated heterocycles. The van der Waals surface area contributed by atoms with E-state index in [1.807, 2.05) is 13.8 Å². The minimum absolute atomic E-state index is 0.0365. The number of rotatable bonds is 7. The first-order chi connectivity index (χ1) is 8.78. The van der Waals surface area contributed by atoms with Gasteiger partial charge in [-0.25, -0.2) is 8.42 Å². The van der Waals surface area contributed by atoms with Crippen molar-refractivity contribution < 1.29 is 18.3 Å². The summed E-state index contributed by atoms with van der Waals surface area (Å²) in [5, 5.41) is 8.92. The Morgan fingerprint density at radius 3 is 2.32 bits per heavy atom. The van der Waals surface area contributed by atoms with Crippen LogP contribution in [0.3, 0.4) is 0 Å². The summed E-state index contributed by atoms with van der Waals surface area (Å²) in [6, 6.07) is 6.70. The zero-order valence-corrected chi connectivity index (χ0v) is 12.3. The molecule has 0 unspecified atom stereocenters. The lowest BCUT2D eigenvalue weighted by atomic mass is 10.1. The first-order valence-electron chi connectivity index (χ1n) is 6.18. The van der Waals surface area contributed by atoms with Crippen LogP contribution in [0.2, 0.25) is 0 Å². The molecule has 1 aromatic carbocycles. The Labute approximate surface area is 114 Å². The van der Waals surface area contributed by atoms with Crippen molar-refractivity contribution in [3.05, 3.63) is 24.3 Å². The van der Waals surface area contributed by atoms with Crippen LogP contribution in [-0.2, 0) is 10.0 Å². The maximum Gasteiger partial charge on any atom is 0.232 e. The summed E-state index contributed by atoms with van der Waals surface area (Å²) >= 11 is 0. The zero-order chi connectivity index (χ0) is 14.5. The molecule has 0 spiro atoms.